The Hall–Kier alpha value is -1.07. The molecule has 0 aliphatic rings. The van der Waals surface area contributed by atoms with Gasteiger partial charge in [-0.05, 0) is 64.6 Å². The predicted molar refractivity (Wildman–Crippen MR) is 71.6 cm³/mol. The lowest BCUT2D eigenvalue weighted by atomic mass is 10.2. The zero-order chi connectivity index (χ0) is 11.4. The van der Waals surface area contributed by atoms with Crippen LogP contribution in [0.25, 0.3) is 0 Å². The topological polar surface area (TPSA) is 29.5 Å². The van der Waals surface area contributed by atoms with Gasteiger partial charge in [-0.25, -0.2) is 0 Å². The summed E-state index contributed by atoms with van der Waals surface area (Å²) in [6.07, 6.45) is 0. The Kier molecular flexibility index (Phi) is 3.79. The molecule has 1 N–H and O–H groups in total. The molecule has 0 saturated heterocycles. The summed E-state index contributed by atoms with van der Waals surface area (Å²) >= 11 is 2.25. The summed E-state index contributed by atoms with van der Waals surface area (Å²) in [5.41, 5.74) is 0.884. The lowest BCUT2D eigenvalue weighted by Gasteiger charge is -2.06. The van der Waals surface area contributed by atoms with Gasteiger partial charge < -0.3 is 9.84 Å². The molecule has 0 spiro atoms. The van der Waals surface area contributed by atoms with Crippen LogP contribution in [0.1, 0.15) is 5.56 Å². The Labute approximate surface area is 108 Å². The van der Waals surface area contributed by atoms with Crippen molar-refractivity contribution in [3.63, 3.8) is 0 Å². The lowest BCUT2D eigenvalue weighted by Crippen LogP contribution is -1.86. The van der Waals surface area contributed by atoms with E-state index in [1.54, 1.807) is 0 Å². The Morgan fingerprint density at radius 1 is 0.875 bits per heavy atom. The maximum atomic E-state index is 8.91. The molecule has 2 nitrogen and oxygen atoms in total. The van der Waals surface area contributed by atoms with Crippen LogP contribution in [0, 0.1) is 3.57 Å². The van der Waals surface area contributed by atoms with E-state index in [1.807, 2.05) is 48.5 Å². The van der Waals surface area contributed by atoms with Crippen LogP contribution in [-0.4, -0.2) is 5.11 Å². The van der Waals surface area contributed by atoms with Crippen LogP contribution >= 0.6 is 22.6 Å². The minimum atomic E-state index is 0.0593. The third-order valence-electron chi connectivity index (χ3n) is 2.16. The molecule has 0 heterocycles. The van der Waals surface area contributed by atoms with Crippen molar-refractivity contribution < 1.29 is 9.84 Å². The maximum absolute atomic E-state index is 8.91. The second kappa shape index (κ2) is 5.32. The highest BCUT2D eigenvalue weighted by atomic mass is 127. The fourth-order valence-electron chi connectivity index (χ4n) is 1.30. The largest absolute Gasteiger partial charge is 0.457 e. The summed E-state index contributed by atoms with van der Waals surface area (Å²) in [6, 6.07) is 15.3. The molecule has 2 aromatic rings. The highest BCUT2D eigenvalue weighted by Crippen LogP contribution is 2.22. The Morgan fingerprint density at radius 3 is 1.88 bits per heavy atom. The normalized spacial score (nSPS) is 10.1. The molecule has 0 aliphatic carbocycles. The summed E-state index contributed by atoms with van der Waals surface area (Å²) in [7, 11) is 0. The Balaban J connectivity index is 2.11. The number of aliphatic hydroxyl groups is 1. The first-order valence-corrected chi connectivity index (χ1v) is 5.99. The van der Waals surface area contributed by atoms with Crippen LogP contribution in [0.2, 0.25) is 0 Å². The average Bonchev–Trinajstić information content (AvgIpc) is 2.33. The van der Waals surface area contributed by atoms with Crippen LogP contribution < -0.4 is 4.74 Å². The highest BCUT2D eigenvalue weighted by Gasteiger charge is 1.97. The van der Waals surface area contributed by atoms with Gasteiger partial charge in [-0.2, -0.15) is 0 Å². The van der Waals surface area contributed by atoms with E-state index in [0.717, 1.165) is 17.1 Å². The number of benzene rings is 2. The van der Waals surface area contributed by atoms with Crippen LogP contribution in [0.5, 0.6) is 11.5 Å². The first-order valence-electron chi connectivity index (χ1n) is 4.91. The smallest absolute Gasteiger partial charge is 0.127 e. The van der Waals surface area contributed by atoms with E-state index in [-0.39, 0.29) is 6.61 Å². The van der Waals surface area contributed by atoms with Crippen molar-refractivity contribution in [3.05, 3.63) is 57.7 Å². The Morgan fingerprint density at radius 2 is 1.38 bits per heavy atom. The predicted octanol–water partition coefficient (Wildman–Crippen LogP) is 3.58. The second-order valence-electron chi connectivity index (χ2n) is 3.36. The quantitative estimate of drug-likeness (QED) is 0.874. The van der Waals surface area contributed by atoms with Gasteiger partial charge in [0.2, 0.25) is 0 Å². The van der Waals surface area contributed by atoms with Crippen molar-refractivity contribution >= 4 is 22.6 Å². The third kappa shape index (κ3) is 2.96. The fourth-order valence-corrected chi connectivity index (χ4v) is 1.66. The van der Waals surface area contributed by atoms with E-state index >= 15 is 0 Å². The van der Waals surface area contributed by atoms with Gasteiger partial charge in [0.1, 0.15) is 11.5 Å². The van der Waals surface area contributed by atoms with Crippen LogP contribution in [0.3, 0.4) is 0 Å². The van der Waals surface area contributed by atoms with E-state index in [4.69, 9.17) is 9.84 Å². The van der Waals surface area contributed by atoms with Gasteiger partial charge >= 0.3 is 0 Å². The number of aliphatic hydroxyl groups excluding tert-OH is 1. The molecular weight excluding hydrogens is 315 g/mol. The molecule has 3 heteroatoms. The molecule has 2 aromatic carbocycles. The molecule has 0 aliphatic heterocycles. The molecule has 82 valence electrons. The number of rotatable bonds is 3. The van der Waals surface area contributed by atoms with Gasteiger partial charge in [0.15, 0.2) is 0 Å². The molecular formula is C13H11IO2. The van der Waals surface area contributed by atoms with Crippen LogP contribution in [0.15, 0.2) is 48.5 Å². The summed E-state index contributed by atoms with van der Waals surface area (Å²) in [5.74, 6) is 1.59. The lowest BCUT2D eigenvalue weighted by molar-refractivity contribution is 0.281. The Bertz CT molecular complexity index is 448. The van der Waals surface area contributed by atoms with Crippen molar-refractivity contribution in [2.75, 3.05) is 0 Å². The molecule has 0 unspecified atom stereocenters. The average molecular weight is 326 g/mol. The van der Waals surface area contributed by atoms with Gasteiger partial charge in [0.05, 0.1) is 6.61 Å². The molecule has 16 heavy (non-hydrogen) atoms. The molecule has 2 rings (SSSR count). The van der Waals surface area contributed by atoms with Crippen molar-refractivity contribution in [1.82, 2.24) is 0 Å². The molecule has 0 fully saturated rings. The highest BCUT2D eigenvalue weighted by molar-refractivity contribution is 14.1. The maximum Gasteiger partial charge on any atom is 0.127 e. The first-order chi connectivity index (χ1) is 7.78. The van der Waals surface area contributed by atoms with Gasteiger partial charge in [-0.1, -0.05) is 12.1 Å². The fraction of sp³-hybridized carbons (Fsp3) is 0.0769. The minimum Gasteiger partial charge on any atom is -0.457 e. The monoisotopic (exact) mass is 326 g/mol. The summed E-state index contributed by atoms with van der Waals surface area (Å²) in [4.78, 5) is 0. The van der Waals surface area contributed by atoms with Gasteiger partial charge in [0, 0.05) is 3.57 Å². The zero-order valence-electron chi connectivity index (χ0n) is 8.56. The number of ether oxygens (including phenoxy) is 1. The molecule has 0 atom stereocenters. The van der Waals surface area contributed by atoms with Crippen molar-refractivity contribution in [3.8, 4) is 11.5 Å². The van der Waals surface area contributed by atoms with Gasteiger partial charge in [-0.15, -0.1) is 0 Å². The molecule has 0 radical (unpaired) electrons. The zero-order valence-corrected chi connectivity index (χ0v) is 10.7. The number of halogens is 1. The van der Waals surface area contributed by atoms with Gasteiger partial charge in [-0.3, -0.25) is 0 Å². The van der Waals surface area contributed by atoms with E-state index in [9.17, 15) is 0 Å². The minimum absolute atomic E-state index is 0.0593. The van der Waals surface area contributed by atoms with Gasteiger partial charge in [0.25, 0.3) is 0 Å². The van der Waals surface area contributed by atoms with E-state index < -0.39 is 0 Å². The van der Waals surface area contributed by atoms with Crippen molar-refractivity contribution in [2.45, 2.75) is 6.61 Å². The van der Waals surface area contributed by atoms with Crippen molar-refractivity contribution in [2.24, 2.45) is 0 Å². The third-order valence-corrected chi connectivity index (χ3v) is 2.87. The molecule has 0 amide bonds. The standard InChI is InChI=1S/C13H11IO2/c14-11-3-7-13(8-4-11)16-12-5-1-10(9-15)2-6-12/h1-8,15H,9H2. The SMILES string of the molecule is OCc1ccc(Oc2ccc(I)cc2)cc1. The van der Waals surface area contributed by atoms with Crippen LogP contribution in [-0.2, 0) is 6.61 Å². The number of hydrogen-bond acceptors (Lipinski definition) is 2. The van der Waals surface area contributed by atoms with Crippen LogP contribution in [0.4, 0.5) is 0 Å². The second-order valence-corrected chi connectivity index (χ2v) is 4.60. The molecule has 0 bridgehead atoms. The molecule has 0 saturated carbocycles. The van der Waals surface area contributed by atoms with E-state index in [2.05, 4.69) is 22.6 Å². The molecule has 0 aromatic heterocycles. The first kappa shape index (κ1) is 11.4. The summed E-state index contributed by atoms with van der Waals surface area (Å²) in [5, 5.41) is 8.91. The van der Waals surface area contributed by atoms with E-state index in [0.29, 0.717) is 0 Å². The van der Waals surface area contributed by atoms with E-state index in [1.165, 1.54) is 3.57 Å². The summed E-state index contributed by atoms with van der Waals surface area (Å²) < 4.78 is 6.83. The van der Waals surface area contributed by atoms with Crippen molar-refractivity contribution in [1.29, 1.82) is 0 Å². The number of hydrogen-bond donors (Lipinski definition) is 1. The summed E-state index contributed by atoms with van der Waals surface area (Å²) in [6.45, 7) is 0.0593.